The predicted octanol–water partition coefficient (Wildman–Crippen LogP) is 2.07. The molecule has 3 nitrogen and oxygen atoms in total. The van der Waals surface area contributed by atoms with Crippen molar-refractivity contribution in [2.45, 2.75) is 31.5 Å². The lowest BCUT2D eigenvalue weighted by molar-refractivity contribution is 0.453. The van der Waals surface area contributed by atoms with Crippen LogP contribution in [0, 0.1) is 6.92 Å². The van der Waals surface area contributed by atoms with E-state index in [4.69, 9.17) is 4.42 Å². The Morgan fingerprint density at radius 3 is 3.00 bits per heavy atom. The normalized spacial score (nSPS) is 13.2. The predicted molar refractivity (Wildman–Crippen MR) is 55.1 cm³/mol. The maximum Gasteiger partial charge on any atom is 0.255 e. The first-order valence-corrected chi connectivity index (χ1v) is 5.43. The Bertz CT molecular complexity index is 250. The monoisotopic (exact) mass is 200 g/mol. The van der Waals surface area contributed by atoms with Crippen molar-refractivity contribution in [2.75, 3.05) is 12.8 Å². The van der Waals surface area contributed by atoms with E-state index in [1.54, 1.807) is 18.0 Å². The van der Waals surface area contributed by atoms with Crippen LogP contribution in [0.2, 0.25) is 0 Å². The number of rotatable bonds is 5. The molecule has 1 atom stereocenters. The number of hydrogen-bond acceptors (Lipinski definition) is 4. The summed E-state index contributed by atoms with van der Waals surface area (Å²) in [5, 5.41) is 3.97. The van der Waals surface area contributed by atoms with Gasteiger partial charge in [-0.1, -0.05) is 11.8 Å². The summed E-state index contributed by atoms with van der Waals surface area (Å²) in [7, 11) is 1.98. The quantitative estimate of drug-likeness (QED) is 0.738. The Kier molecular flexibility index (Phi) is 4.32. The van der Waals surface area contributed by atoms with Gasteiger partial charge in [-0.3, -0.25) is 0 Å². The number of thioether (sulfide) groups is 1. The van der Waals surface area contributed by atoms with Gasteiger partial charge in [0.15, 0.2) is 0 Å². The highest BCUT2D eigenvalue weighted by Crippen LogP contribution is 2.17. The fourth-order valence-corrected chi connectivity index (χ4v) is 1.84. The molecule has 0 radical (unpaired) electrons. The van der Waals surface area contributed by atoms with E-state index in [1.165, 1.54) is 0 Å². The van der Waals surface area contributed by atoms with Crippen LogP contribution in [0.4, 0.5) is 0 Å². The minimum Gasteiger partial charge on any atom is -0.440 e. The second-order valence-corrected chi connectivity index (χ2v) is 4.13. The molecule has 0 saturated heterocycles. The third kappa shape index (κ3) is 3.83. The zero-order chi connectivity index (χ0) is 9.68. The van der Waals surface area contributed by atoms with Crippen LogP contribution in [0.25, 0.3) is 0 Å². The van der Waals surface area contributed by atoms with Crippen molar-refractivity contribution in [1.82, 2.24) is 10.3 Å². The van der Waals surface area contributed by atoms with E-state index in [2.05, 4.69) is 17.2 Å². The van der Waals surface area contributed by atoms with E-state index < -0.39 is 0 Å². The van der Waals surface area contributed by atoms with E-state index in [0.29, 0.717) is 6.04 Å². The molecule has 1 rings (SSSR count). The molecule has 1 unspecified atom stereocenters. The number of aromatic nitrogens is 1. The Morgan fingerprint density at radius 2 is 2.46 bits per heavy atom. The third-order valence-corrected chi connectivity index (χ3v) is 2.74. The van der Waals surface area contributed by atoms with Crippen molar-refractivity contribution in [1.29, 1.82) is 0 Å². The summed E-state index contributed by atoms with van der Waals surface area (Å²) >= 11 is 1.67. The smallest absolute Gasteiger partial charge is 0.255 e. The lowest BCUT2D eigenvalue weighted by Crippen LogP contribution is -2.21. The Morgan fingerprint density at radius 1 is 1.69 bits per heavy atom. The highest BCUT2D eigenvalue weighted by Gasteiger charge is 2.02. The molecule has 1 N–H and O–H groups in total. The zero-order valence-electron chi connectivity index (χ0n) is 8.33. The molecule has 13 heavy (non-hydrogen) atoms. The summed E-state index contributed by atoms with van der Waals surface area (Å²) in [6, 6.07) is 0.559. The topological polar surface area (TPSA) is 38.1 Å². The molecule has 0 bridgehead atoms. The largest absolute Gasteiger partial charge is 0.440 e. The standard InChI is InChI=1S/C9H16N2OS/c1-7(10-3)4-5-13-9-11-8(2)6-12-9/h6-7,10H,4-5H2,1-3H3. The van der Waals surface area contributed by atoms with Crippen LogP contribution in [-0.2, 0) is 0 Å². The number of oxazole rings is 1. The number of aryl methyl sites for hydroxylation is 1. The van der Waals surface area contributed by atoms with E-state index in [-0.39, 0.29) is 0 Å². The zero-order valence-corrected chi connectivity index (χ0v) is 9.15. The lowest BCUT2D eigenvalue weighted by atomic mass is 10.3. The van der Waals surface area contributed by atoms with Gasteiger partial charge >= 0.3 is 0 Å². The van der Waals surface area contributed by atoms with Crippen molar-refractivity contribution in [3.63, 3.8) is 0 Å². The van der Waals surface area contributed by atoms with Gasteiger partial charge in [0.05, 0.1) is 5.69 Å². The van der Waals surface area contributed by atoms with Gasteiger partial charge in [-0.15, -0.1) is 0 Å². The Labute approximate surface area is 83.3 Å². The SMILES string of the molecule is CNC(C)CCSc1nc(C)co1. The second kappa shape index (κ2) is 5.29. The van der Waals surface area contributed by atoms with E-state index in [9.17, 15) is 0 Å². The average Bonchev–Trinajstić information content (AvgIpc) is 2.51. The lowest BCUT2D eigenvalue weighted by Gasteiger charge is -2.07. The Balaban J connectivity index is 2.20. The minimum absolute atomic E-state index is 0.559. The van der Waals surface area contributed by atoms with E-state index >= 15 is 0 Å². The first kappa shape index (κ1) is 10.6. The summed E-state index contributed by atoms with van der Waals surface area (Å²) in [4.78, 5) is 4.21. The van der Waals surface area contributed by atoms with Gasteiger partial charge < -0.3 is 9.73 Å². The molecular formula is C9H16N2OS. The van der Waals surface area contributed by atoms with Crippen LogP contribution < -0.4 is 5.32 Å². The van der Waals surface area contributed by atoms with Crippen LogP contribution >= 0.6 is 11.8 Å². The Hall–Kier alpha value is -0.480. The highest BCUT2D eigenvalue weighted by atomic mass is 32.2. The molecule has 0 aliphatic heterocycles. The fraction of sp³-hybridized carbons (Fsp3) is 0.667. The molecule has 1 heterocycles. The summed E-state index contributed by atoms with van der Waals surface area (Å²) in [5.41, 5.74) is 0.948. The maximum absolute atomic E-state index is 5.21. The first-order valence-electron chi connectivity index (χ1n) is 4.44. The molecule has 1 aromatic rings. The summed E-state index contributed by atoms with van der Waals surface area (Å²) in [6.45, 7) is 4.10. The van der Waals surface area contributed by atoms with Crippen molar-refractivity contribution in [3.05, 3.63) is 12.0 Å². The maximum atomic E-state index is 5.21. The summed E-state index contributed by atoms with van der Waals surface area (Å²) in [5.74, 6) is 1.04. The minimum atomic E-state index is 0.559. The van der Waals surface area contributed by atoms with Crippen molar-refractivity contribution in [3.8, 4) is 0 Å². The van der Waals surface area contributed by atoms with Gasteiger partial charge in [0, 0.05) is 11.8 Å². The molecule has 0 fully saturated rings. The fourth-order valence-electron chi connectivity index (χ4n) is 0.866. The van der Waals surface area contributed by atoms with Crippen LogP contribution in [0.3, 0.4) is 0 Å². The molecule has 0 saturated carbocycles. The summed E-state index contributed by atoms with van der Waals surface area (Å²) in [6.07, 6.45) is 2.81. The van der Waals surface area contributed by atoms with Crippen LogP contribution in [0.1, 0.15) is 19.0 Å². The average molecular weight is 200 g/mol. The molecule has 1 aromatic heterocycles. The molecule has 0 aliphatic carbocycles. The van der Waals surface area contributed by atoms with Crippen LogP contribution in [-0.4, -0.2) is 23.8 Å². The van der Waals surface area contributed by atoms with Gasteiger partial charge in [0.1, 0.15) is 6.26 Å². The highest BCUT2D eigenvalue weighted by molar-refractivity contribution is 7.99. The first-order chi connectivity index (χ1) is 6.22. The molecule has 0 aliphatic rings. The number of nitrogens with one attached hydrogen (secondary N) is 1. The van der Waals surface area contributed by atoms with Gasteiger partial charge in [-0.25, -0.2) is 4.98 Å². The van der Waals surface area contributed by atoms with Gasteiger partial charge in [0.2, 0.25) is 0 Å². The van der Waals surface area contributed by atoms with Crippen LogP contribution in [0.15, 0.2) is 15.9 Å². The number of hydrogen-bond donors (Lipinski definition) is 1. The molecule has 0 amide bonds. The molecule has 0 aromatic carbocycles. The molecule has 4 heteroatoms. The van der Waals surface area contributed by atoms with Gasteiger partial charge in [0.25, 0.3) is 5.22 Å². The van der Waals surface area contributed by atoms with E-state index in [1.807, 2.05) is 14.0 Å². The van der Waals surface area contributed by atoms with Crippen LogP contribution in [0.5, 0.6) is 0 Å². The molecular weight excluding hydrogens is 184 g/mol. The number of nitrogens with zero attached hydrogens (tertiary/aromatic N) is 1. The van der Waals surface area contributed by atoms with Gasteiger partial charge in [-0.05, 0) is 27.3 Å². The van der Waals surface area contributed by atoms with Gasteiger partial charge in [-0.2, -0.15) is 0 Å². The summed E-state index contributed by atoms with van der Waals surface area (Å²) < 4.78 is 5.21. The van der Waals surface area contributed by atoms with E-state index in [0.717, 1.165) is 23.1 Å². The van der Waals surface area contributed by atoms with Crippen molar-refractivity contribution < 1.29 is 4.42 Å². The van der Waals surface area contributed by atoms with Crippen molar-refractivity contribution in [2.24, 2.45) is 0 Å². The second-order valence-electron chi connectivity index (χ2n) is 3.08. The third-order valence-electron chi connectivity index (χ3n) is 1.87. The molecule has 0 spiro atoms. The van der Waals surface area contributed by atoms with Crippen molar-refractivity contribution >= 4 is 11.8 Å². The molecule has 74 valence electrons.